The molecule has 15 heavy (non-hydrogen) atoms. The van der Waals surface area contributed by atoms with Crippen molar-refractivity contribution in [3.63, 3.8) is 0 Å². The van der Waals surface area contributed by atoms with Gasteiger partial charge in [0.25, 0.3) is 0 Å². The SMILES string of the molecule is CCc1c(CC#N)nc(OC)nc1OC. The Morgan fingerprint density at radius 2 is 2.00 bits per heavy atom. The van der Waals surface area contributed by atoms with Crippen LogP contribution >= 0.6 is 0 Å². The highest BCUT2D eigenvalue weighted by atomic mass is 16.5. The van der Waals surface area contributed by atoms with Gasteiger partial charge in [0.1, 0.15) is 0 Å². The predicted molar refractivity (Wildman–Crippen MR) is 53.8 cm³/mol. The first-order chi connectivity index (χ1) is 7.26. The average Bonchev–Trinajstić information content (AvgIpc) is 2.28. The van der Waals surface area contributed by atoms with E-state index < -0.39 is 0 Å². The average molecular weight is 207 g/mol. The van der Waals surface area contributed by atoms with E-state index >= 15 is 0 Å². The third-order valence-corrected chi connectivity index (χ3v) is 2.01. The monoisotopic (exact) mass is 207 g/mol. The first-order valence-electron chi connectivity index (χ1n) is 4.61. The number of nitrogens with zero attached hydrogens (tertiary/aromatic N) is 3. The van der Waals surface area contributed by atoms with E-state index in [1.165, 1.54) is 14.2 Å². The fourth-order valence-electron chi connectivity index (χ4n) is 1.32. The summed E-state index contributed by atoms with van der Waals surface area (Å²) in [5.41, 5.74) is 1.53. The third-order valence-electron chi connectivity index (χ3n) is 2.01. The Hall–Kier alpha value is -1.83. The predicted octanol–water partition coefficient (Wildman–Crippen LogP) is 1.12. The molecule has 5 heteroatoms. The topological polar surface area (TPSA) is 68.0 Å². The van der Waals surface area contributed by atoms with E-state index in [1.54, 1.807) is 0 Å². The van der Waals surface area contributed by atoms with Gasteiger partial charge in [0.2, 0.25) is 5.88 Å². The van der Waals surface area contributed by atoms with Crippen molar-refractivity contribution in [2.45, 2.75) is 19.8 Å². The molecule has 0 N–H and O–H groups in total. The lowest BCUT2D eigenvalue weighted by Crippen LogP contribution is -2.05. The normalized spacial score (nSPS) is 9.47. The Bertz CT molecular complexity index is 385. The van der Waals surface area contributed by atoms with Crippen molar-refractivity contribution >= 4 is 0 Å². The van der Waals surface area contributed by atoms with Crippen LogP contribution in [0.25, 0.3) is 0 Å². The van der Waals surface area contributed by atoms with Crippen LogP contribution in [0.1, 0.15) is 18.2 Å². The van der Waals surface area contributed by atoms with Gasteiger partial charge in [-0.15, -0.1) is 0 Å². The summed E-state index contributed by atoms with van der Waals surface area (Å²) in [6.45, 7) is 1.97. The second-order valence-corrected chi connectivity index (χ2v) is 2.83. The third kappa shape index (κ3) is 2.34. The van der Waals surface area contributed by atoms with Gasteiger partial charge in [-0.1, -0.05) is 6.92 Å². The molecule has 0 unspecified atom stereocenters. The summed E-state index contributed by atoms with van der Waals surface area (Å²) in [7, 11) is 3.02. The molecule has 1 rings (SSSR count). The Kier molecular flexibility index (Phi) is 3.86. The van der Waals surface area contributed by atoms with Crippen LogP contribution in [0, 0.1) is 11.3 Å². The van der Waals surface area contributed by atoms with E-state index in [0.29, 0.717) is 11.6 Å². The number of hydrogen-bond acceptors (Lipinski definition) is 5. The number of hydrogen-bond donors (Lipinski definition) is 0. The molecule has 1 heterocycles. The quantitative estimate of drug-likeness (QED) is 0.740. The van der Waals surface area contributed by atoms with Crippen LogP contribution in [0.4, 0.5) is 0 Å². The molecule has 0 aliphatic heterocycles. The largest absolute Gasteiger partial charge is 0.481 e. The van der Waals surface area contributed by atoms with Gasteiger partial charge in [0, 0.05) is 5.56 Å². The lowest BCUT2D eigenvalue weighted by molar-refractivity contribution is 0.347. The number of methoxy groups -OCH3 is 2. The molecule has 80 valence electrons. The molecule has 0 fully saturated rings. The van der Waals surface area contributed by atoms with Crippen LogP contribution in [0.5, 0.6) is 11.9 Å². The van der Waals surface area contributed by atoms with Gasteiger partial charge in [-0.05, 0) is 6.42 Å². The minimum absolute atomic E-state index is 0.231. The molecule has 1 aromatic heterocycles. The summed E-state index contributed by atoms with van der Waals surface area (Å²) in [6, 6.07) is 2.29. The molecule has 0 aliphatic rings. The molecule has 5 nitrogen and oxygen atoms in total. The highest BCUT2D eigenvalue weighted by molar-refractivity contribution is 5.33. The van der Waals surface area contributed by atoms with Crippen LogP contribution in [0.15, 0.2) is 0 Å². The van der Waals surface area contributed by atoms with Gasteiger partial charge in [-0.2, -0.15) is 15.2 Å². The van der Waals surface area contributed by atoms with Gasteiger partial charge in [-0.3, -0.25) is 0 Å². The van der Waals surface area contributed by atoms with Crippen molar-refractivity contribution in [1.82, 2.24) is 9.97 Å². The first kappa shape index (κ1) is 11.2. The van der Waals surface area contributed by atoms with E-state index in [9.17, 15) is 0 Å². The fraction of sp³-hybridized carbons (Fsp3) is 0.500. The summed E-state index contributed by atoms with van der Waals surface area (Å²) in [4.78, 5) is 8.18. The molecule has 0 aromatic carbocycles. The van der Waals surface area contributed by atoms with Gasteiger partial charge in [0.05, 0.1) is 32.4 Å². The van der Waals surface area contributed by atoms with Crippen LogP contribution in [0.2, 0.25) is 0 Å². The summed E-state index contributed by atoms with van der Waals surface area (Å²) >= 11 is 0. The zero-order chi connectivity index (χ0) is 11.3. The van der Waals surface area contributed by atoms with E-state index in [1.807, 2.05) is 6.92 Å². The van der Waals surface area contributed by atoms with Crippen LogP contribution < -0.4 is 9.47 Å². The number of aromatic nitrogens is 2. The van der Waals surface area contributed by atoms with Crippen molar-refractivity contribution in [2.75, 3.05) is 14.2 Å². The first-order valence-corrected chi connectivity index (χ1v) is 4.61. The minimum Gasteiger partial charge on any atom is -0.481 e. The summed E-state index contributed by atoms with van der Waals surface area (Å²) in [5, 5.41) is 8.67. The van der Waals surface area contributed by atoms with Crippen molar-refractivity contribution < 1.29 is 9.47 Å². The molecular weight excluding hydrogens is 194 g/mol. The lowest BCUT2D eigenvalue weighted by atomic mass is 10.1. The molecule has 0 radical (unpaired) electrons. The Labute approximate surface area is 88.7 Å². The van der Waals surface area contributed by atoms with Crippen LogP contribution in [-0.4, -0.2) is 24.2 Å². The second kappa shape index (κ2) is 5.15. The van der Waals surface area contributed by atoms with Crippen molar-refractivity contribution in [1.29, 1.82) is 5.26 Å². The highest BCUT2D eigenvalue weighted by Gasteiger charge is 2.13. The molecule has 0 aliphatic carbocycles. The number of rotatable bonds is 4. The van der Waals surface area contributed by atoms with Crippen molar-refractivity contribution in [2.24, 2.45) is 0 Å². The maximum absolute atomic E-state index is 8.67. The summed E-state index contributed by atoms with van der Waals surface area (Å²) in [5.74, 6) is 0.481. The summed E-state index contributed by atoms with van der Waals surface area (Å²) < 4.78 is 10.1. The van der Waals surface area contributed by atoms with E-state index in [0.717, 1.165) is 12.0 Å². The Balaban J connectivity index is 3.27. The Morgan fingerprint density at radius 3 is 2.47 bits per heavy atom. The maximum atomic E-state index is 8.67. The van der Waals surface area contributed by atoms with Gasteiger partial charge >= 0.3 is 6.01 Å². The molecule has 0 amide bonds. The van der Waals surface area contributed by atoms with E-state index in [4.69, 9.17) is 14.7 Å². The second-order valence-electron chi connectivity index (χ2n) is 2.83. The number of nitriles is 1. The molecule has 0 spiro atoms. The van der Waals surface area contributed by atoms with Gasteiger partial charge in [0.15, 0.2) is 0 Å². The molecule has 0 saturated heterocycles. The molecule has 0 bridgehead atoms. The minimum atomic E-state index is 0.231. The molecule has 0 saturated carbocycles. The zero-order valence-corrected chi connectivity index (χ0v) is 9.07. The highest BCUT2D eigenvalue weighted by Crippen LogP contribution is 2.22. The van der Waals surface area contributed by atoms with E-state index in [-0.39, 0.29) is 12.4 Å². The summed E-state index contributed by atoms with van der Waals surface area (Å²) in [6.07, 6.45) is 0.961. The fourth-order valence-corrected chi connectivity index (χ4v) is 1.32. The van der Waals surface area contributed by atoms with Crippen LogP contribution in [0.3, 0.4) is 0 Å². The van der Waals surface area contributed by atoms with Crippen molar-refractivity contribution in [3.05, 3.63) is 11.3 Å². The molecule has 0 atom stereocenters. The van der Waals surface area contributed by atoms with E-state index in [2.05, 4.69) is 16.0 Å². The van der Waals surface area contributed by atoms with Gasteiger partial charge in [-0.25, -0.2) is 0 Å². The molecular formula is C10H13N3O2. The Morgan fingerprint density at radius 1 is 1.27 bits per heavy atom. The lowest BCUT2D eigenvalue weighted by Gasteiger charge is -2.10. The molecule has 1 aromatic rings. The maximum Gasteiger partial charge on any atom is 0.319 e. The van der Waals surface area contributed by atoms with Gasteiger partial charge < -0.3 is 9.47 Å². The number of ether oxygens (including phenoxy) is 2. The zero-order valence-electron chi connectivity index (χ0n) is 9.07. The van der Waals surface area contributed by atoms with Crippen LogP contribution in [-0.2, 0) is 12.8 Å². The standard InChI is InChI=1S/C10H13N3O2/c1-4-7-8(5-6-11)12-10(15-3)13-9(7)14-2/h4-5H2,1-3H3. The van der Waals surface area contributed by atoms with Crippen molar-refractivity contribution in [3.8, 4) is 18.0 Å². The smallest absolute Gasteiger partial charge is 0.319 e.